The first-order valence-electron chi connectivity index (χ1n) is 9.15. The van der Waals surface area contributed by atoms with Crippen LogP contribution in [0, 0.1) is 6.92 Å². The van der Waals surface area contributed by atoms with Crippen molar-refractivity contribution >= 4 is 5.91 Å². The largest absolute Gasteiger partial charge is 0.338 e. The molecule has 1 aliphatic heterocycles. The van der Waals surface area contributed by atoms with Gasteiger partial charge in [-0.25, -0.2) is 15.0 Å². The lowest BCUT2D eigenvalue weighted by Crippen LogP contribution is -2.39. The first kappa shape index (κ1) is 17.3. The minimum Gasteiger partial charge on any atom is -0.338 e. The van der Waals surface area contributed by atoms with E-state index in [-0.39, 0.29) is 11.8 Å². The lowest BCUT2D eigenvalue weighted by molar-refractivity contribution is 0.0706. The average molecular weight is 362 g/mol. The number of piperidine rings is 1. The van der Waals surface area contributed by atoms with Crippen molar-refractivity contribution < 1.29 is 4.79 Å². The van der Waals surface area contributed by atoms with Crippen LogP contribution in [-0.4, -0.2) is 48.6 Å². The average Bonchev–Trinajstić information content (AvgIpc) is 3.07. The Morgan fingerprint density at radius 1 is 1.19 bits per heavy atom. The molecule has 0 aliphatic carbocycles. The van der Waals surface area contributed by atoms with Gasteiger partial charge in [-0.1, -0.05) is 12.1 Å². The molecule has 7 nitrogen and oxygen atoms in total. The van der Waals surface area contributed by atoms with E-state index in [1.165, 1.54) is 0 Å². The Morgan fingerprint density at radius 3 is 2.67 bits per heavy atom. The molecule has 138 valence electrons. The van der Waals surface area contributed by atoms with Gasteiger partial charge in [0, 0.05) is 49.1 Å². The smallest absolute Gasteiger partial charge is 0.253 e. The number of benzene rings is 1. The van der Waals surface area contributed by atoms with E-state index < -0.39 is 0 Å². The van der Waals surface area contributed by atoms with E-state index >= 15 is 0 Å². The van der Waals surface area contributed by atoms with Crippen LogP contribution < -0.4 is 0 Å². The summed E-state index contributed by atoms with van der Waals surface area (Å²) in [6.45, 7) is 3.39. The number of rotatable bonds is 3. The van der Waals surface area contributed by atoms with E-state index in [4.69, 9.17) is 0 Å². The number of hydrogen-bond acceptors (Lipinski definition) is 5. The Hall–Kier alpha value is -3.09. The second-order valence-corrected chi connectivity index (χ2v) is 6.91. The number of carbonyl (C=O) groups is 1. The van der Waals surface area contributed by atoms with E-state index in [9.17, 15) is 4.79 Å². The van der Waals surface area contributed by atoms with Crippen LogP contribution in [0.3, 0.4) is 0 Å². The first-order chi connectivity index (χ1) is 13.1. The minimum atomic E-state index is 0.0606. The van der Waals surface area contributed by atoms with Crippen LogP contribution in [-0.2, 0) is 7.05 Å². The number of amides is 1. The third-order valence-electron chi connectivity index (χ3n) is 5.10. The number of aromatic nitrogens is 5. The maximum Gasteiger partial charge on any atom is 0.253 e. The highest BCUT2D eigenvalue weighted by Crippen LogP contribution is 2.26. The molecule has 0 spiro atoms. The molecular formula is C20H22N6O. The highest BCUT2D eigenvalue weighted by molar-refractivity contribution is 5.94. The molecule has 1 amide bonds. The topological polar surface area (TPSA) is 76.8 Å². The van der Waals surface area contributed by atoms with Crippen LogP contribution in [0.1, 0.15) is 40.6 Å². The van der Waals surface area contributed by atoms with Crippen LogP contribution in [0.4, 0.5) is 0 Å². The van der Waals surface area contributed by atoms with Crippen LogP contribution in [0.2, 0.25) is 0 Å². The summed E-state index contributed by atoms with van der Waals surface area (Å²) in [6, 6.07) is 9.48. The lowest BCUT2D eigenvalue weighted by Gasteiger charge is -2.32. The summed E-state index contributed by atoms with van der Waals surface area (Å²) in [7, 11) is 1.87. The van der Waals surface area contributed by atoms with Gasteiger partial charge in [0.25, 0.3) is 5.91 Å². The van der Waals surface area contributed by atoms with Gasteiger partial charge in [0.05, 0.1) is 0 Å². The standard InChI is InChI=1S/C20H22N6O/c1-14-23-19(24-25(14)2)15-5-7-16(8-6-15)20(27)26-11-3-4-17(12-26)18-9-10-21-13-22-18/h5-10,13,17H,3-4,11-12H2,1-2H3/t17-/m1/s1. The molecule has 0 unspecified atom stereocenters. The normalized spacial score (nSPS) is 17.1. The molecule has 1 saturated heterocycles. The van der Waals surface area contributed by atoms with E-state index in [0.29, 0.717) is 17.9 Å². The summed E-state index contributed by atoms with van der Waals surface area (Å²) in [5.74, 6) is 1.86. The maximum absolute atomic E-state index is 12.9. The summed E-state index contributed by atoms with van der Waals surface area (Å²) in [4.78, 5) is 27.6. The third kappa shape index (κ3) is 3.58. The summed E-state index contributed by atoms with van der Waals surface area (Å²) in [6.07, 6.45) is 5.36. The SMILES string of the molecule is Cc1nc(-c2ccc(C(=O)N3CCC[C@@H](c4ccncn4)C3)cc2)nn1C. The van der Waals surface area contributed by atoms with Gasteiger partial charge in [-0.3, -0.25) is 9.48 Å². The molecule has 1 aromatic carbocycles. The minimum absolute atomic E-state index is 0.0606. The molecule has 0 N–H and O–H groups in total. The molecule has 1 aliphatic rings. The van der Waals surface area contributed by atoms with Crippen LogP contribution in [0.15, 0.2) is 42.9 Å². The lowest BCUT2D eigenvalue weighted by atomic mass is 9.94. The second-order valence-electron chi connectivity index (χ2n) is 6.91. The third-order valence-corrected chi connectivity index (χ3v) is 5.10. The van der Waals surface area contributed by atoms with Gasteiger partial charge in [-0.05, 0) is 38.0 Å². The monoisotopic (exact) mass is 362 g/mol. The van der Waals surface area contributed by atoms with Gasteiger partial charge in [0.1, 0.15) is 12.2 Å². The van der Waals surface area contributed by atoms with Gasteiger partial charge < -0.3 is 4.90 Å². The molecule has 2 aromatic heterocycles. The van der Waals surface area contributed by atoms with E-state index in [1.807, 2.05) is 49.2 Å². The van der Waals surface area contributed by atoms with Crippen LogP contribution in [0.25, 0.3) is 11.4 Å². The molecule has 3 heterocycles. The number of carbonyl (C=O) groups excluding carboxylic acids is 1. The zero-order valence-electron chi connectivity index (χ0n) is 15.5. The fraction of sp³-hybridized carbons (Fsp3) is 0.350. The highest BCUT2D eigenvalue weighted by atomic mass is 16.2. The van der Waals surface area contributed by atoms with Gasteiger partial charge in [0.2, 0.25) is 0 Å². The summed E-state index contributed by atoms with van der Waals surface area (Å²) in [5, 5.41) is 4.39. The molecule has 1 atom stereocenters. The number of likely N-dealkylation sites (tertiary alicyclic amines) is 1. The Morgan fingerprint density at radius 2 is 2.00 bits per heavy atom. The molecule has 3 aromatic rings. The molecule has 0 radical (unpaired) electrons. The predicted molar refractivity (Wildman–Crippen MR) is 101 cm³/mol. The van der Waals surface area contributed by atoms with E-state index in [1.54, 1.807) is 17.2 Å². The van der Waals surface area contributed by atoms with Crippen molar-refractivity contribution in [3.05, 3.63) is 59.9 Å². The van der Waals surface area contributed by atoms with Crippen LogP contribution >= 0.6 is 0 Å². The predicted octanol–water partition coefficient (Wildman–Crippen LogP) is 2.60. The van der Waals surface area contributed by atoms with Gasteiger partial charge in [0.15, 0.2) is 5.82 Å². The Balaban J connectivity index is 1.49. The van der Waals surface area contributed by atoms with Gasteiger partial charge >= 0.3 is 0 Å². The van der Waals surface area contributed by atoms with Crippen molar-refractivity contribution in [3.8, 4) is 11.4 Å². The van der Waals surface area contributed by atoms with Crippen molar-refractivity contribution in [1.82, 2.24) is 29.6 Å². The quantitative estimate of drug-likeness (QED) is 0.716. The maximum atomic E-state index is 12.9. The number of hydrogen-bond donors (Lipinski definition) is 0. The van der Waals surface area contributed by atoms with E-state index in [2.05, 4.69) is 20.1 Å². The Kier molecular flexibility index (Phi) is 4.66. The summed E-state index contributed by atoms with van der Waals surface area (Å²) >= 11 is 0. The van der Waals surface area contributed by atoms with Crippen molar-refractivity contribution in [2.24, 2.45) is 7.05 Å². The molecule has 1 fully saturated rings. The summed E-state index contributed by atoms with van der Waals surface area (Å²) in [5.41, 5.74) is 2.61. The van der Waals surface area contributed by atoms with Gasteiger partial charge in [-0.2, -0.15) is 5.10 Å². The van der Waals surface area contributed by atoms with Crippen LogP contribution in [0.5, 0.6) is 0 Å². The molecular weight excluding hydrogens is 340 g/mol. The zero-order chi connectivity index (χ0) is 18.8. The number of nitrogens with zero attached hydrogens (tertiary/aromatic N) is 6. The molecule has 27 heavy (non-hydrogen) atoms. The molecule has 0 bridgehead atoms. The van der Waals surface area contributed by atoms with Crippen molar-refractivity contribution in [3.63, 3.8) is 0 Å². The zero-order valence-corrected chi connectivity index (χ0v) is 15.5. The molecule has 7 heteroatoms. The fourth-order valence-electron chi connectivity index (χ4n) is 3.47. The highest BCUT2D eigenvalue weighted by Gasteiger charge is 2.26. The molecule has 4 rings (SSSR count). The van der Waals surface area contributed by atoms with Crippen molar-refractivity contribution in [1.29, 1.82) is 0 Å². The van der Waals surface area contributed by atoms with E-state index in [0.717, 1.165) is 36.5 Å². The van der Waals surface area contributed by atoms with Crippen molar-refractivity contribution in [2.45, 2.75) is 25.7 Å². The first-order valence-corrected chi connectivity index (χ1v) is 9.15. The van der Waals surface area contributed by atoms with Gasteiger partial charge in [-0.15, -0.1) is 0 Å². The fourth-order valence-corrected chi connectivity index (χ4v) is 3.47. The Labute approximate surface area is 158 Å². The second kappa shape index (κ2) is 7.26. The number of aryl methyl sites for hydroxylation is 2. The summed E-state index contributed by atoms with van der Waals surface area (Å²) < 4.78 is 1.75. The molecule has 0 saturated carbocycles. The van der Waals surface area contributed by atoms with Crippen molar-refractivity contribution in [2.75, 3.05) is 13.1 Å². The Bertz CT molecular complexity index is 915.